The van der Waals surface area contributed by atoms with Crippen LogP contribution in [0.4, 0.5) is 5.82 Å². The molecule has 1 N–H and O–H groups in total. The molecule has 0 aliphatic rings. The second kappa shape index (κ2) is 3.39. The number of nitrogens with one attached hydrogen (secondary N) is 1. The van der Waals surface area contributed by atoms with Gasteiger partial charge < -0.3 is 5.32 Å². The molecule has 4 heteroatoms. The molecule has 0 saturated carbocycles. The van der Waals surface area contributed by atoms with Gasteiger partial charge in [0.2, 0.25) is 0 Å². The fourth-order valence-electron chi connectivity index (χ4n) is 0.594. The Morgan fingerprint density at radius 2 is 2.30 bits per heavy atom. The third-order valence-electron chi connectivity index (χ3n) is 1.05. The summed E-state index contributed by atoms with van der Waals surface area (Å²) in [5, 5.41) is 3.45. The van der Waals surface area contributed by atoms with Crippen LogP contribution in [0.3, 0.4) is 0 Å². The number of pyridine rings is 1. The summed E-state index contributed by atoms with van der Waals surface area (Å²) in [5.41, 5.74) is 0. The number of rotatable bonds is 1. The van der Waals surface area contributed by atoms with Crippen LogP contribution in [0.5, 0.6) is 0 Å². The first-order chi connectivity index (χ1) is 4.74. The van der Waals surface area contributed by atoms with E-state index in [-0.39, 0.29) is 0 Å². The lowest BCUT2D eigenvalue weighted by molar-refractivity contribution is 1.27. The van der Waals surface area contributed by atoms with Crippen LogP contribution in [-0.2, 0) is 0 Å². The summed E-state index contributed by atoms with van der Waals surface area (Å²) in [6, 6.07) is 3.69. The van der Waals surface area contributed by atoms with E-state index in [1.807, 2.05) is 13.1 Å². The standard InChI is InChI=1S/C6H6ClIN2/c1-9-6-4(8)2-3-5(7)10-6/h2-3H,1H3,(H,9,10). The van der Waals surface area contributed by atoms with E-state index in [4.69, 9.17) is 11.6 Å². The summed E-state index contributed by atoms with van der Waals surface area (Å²) in [5.74, 6) is 0.827. The molecule has 0 aliphatic heterocycles. The predicted octanol–water partition coefficient (Wildman–Crippen LogP) is 2.38. The van der Waals surface area contributed by atoms with Gasteiger partial charge in [-0.05, 0) is 34.7 Å². The van der Waals surface area contributed by atoms with E-state index in [0.29, 0.717) is 5.15 Å². The highest BCUT2D eigenvalue weighted by atomic mass is 127. The Morgan fingerprint density at radius 1 is 1.60 bits per heavy atom. The lowest BCUT2D eigenvalue weighted by Gasteiger charge is -2.00. The molecule has 0 bridgehead atoms. The topological polar surface area (TPSA) is 24.9 Å². The van der Waals surface area contributed by atoms with E-state index in [1.165, 1.54) is 0 Å². The minimum atomic E-state index is 0.518. The molecule has 0 aliphatic carbocycles. The zero-order chi connectivity index (χ0) is 7.56. The zero-order valence-corrected chi connectivity index (χ0v) is 8.27. The maximum Gasteiger partial charge on any atom is 0.140 e. The SMILES string of the molecule is CNc1nc(Cl)ccc1I. The Hall–Kier alpha value is -0.0300. The van der Waals surface area contributed by atoms with Gasteiger partial charge >= 0.3 is 0 Å². The molecule has 2 nitrogen and oxygen atoms in total. The normalized spacial score (nSPS) is 9.50. The number of anilines is 1. The second-order valence-corrected chi connectivity index (χ2v) is 3.26. The van der Waals surface area contributed by atoms with Crippen LogP contribution in [0.15, 0.2) is 12.1 Å². The lowest BCUT2D eigenvalue weighted by atomic mass is 10.5. The van der Waals surface area contributed by atoms with Crippen molar-refractivity contribution < 1.29 is 0 Å². The van der Waals surface area contributed by atoms with E-state index in [0.717, 1.165) is 9.39 Å². The number of aromatic nitrogens is 1. The Bertz CT molecular complexity index is 239. The molecule has 0 atom stereocenters. The van der Waals surface area contributed by atoms with E-state index in [2.05, 4.69) is 32.9 Å². The molecule has 0 fully saturated rings. The molecule has 0 radical (unpaired) electrons. The number of hydrogen-bond donors (Lipinski definition) is 1. The van der Waals surface area contributed by atoms with Crippen LogP contribution in [0, 0.1) is 3.57 Å². The Morgan fingerprint density at radius 3 is 2.80 bits per heavy atom. The van der Waals surface area contributed by atoms with E-state index < -0.39 is 0 Å². The van der Waals surface area contributed by atoms with E-state index in [9.17, 15) is 0 Å². The average molecular weight is 268 g/mol. The number of hydrogen-bond acceptors (Lipinski definition) is 2. The molecule has 54 valence electrons. The summed E-state index contributed by atoms with van der Waals surface area (Å²) >= 11 is 7.83. The quantitative estimate of drug-likeness (QED) is 0.625. The minimum absolute atomic E-state index is 0.518. The van der Waals surface area contributed by atoms with Gasteiger partial charge in [-0.25, -0.2) is 4.98 Å². The molecule has 1 heterocycles. The smallest absolute Gasteiger partial charge is 0.140 e. The first-order valence-electron chi connectivity index (χ1n) is 2.74. The van der Waals surface area contributed by atoms with Gasteiger partial charge in [0, 0.05) is 7.05 Å². The molecule has 0 aromatic carbocycles. The molecule has 0 saturated heterocycles. The zero-order valence-electron chi connectivity index (χ0n) is 5.36. The van der Waals surface area contributed by atoms with Crippen molar-refractivity contribution >= 4 is 40.0 Å². The van der Waals surface area contributed by atoms with Gasteiger partial charge in [0.25, 0.3) is 0 Å². The molecule has 10 heavy (non-hydrogen) atoms. The molecule has 1 rings (SSSR count). The van der Waals surface area contributed by atoms with E-state index in [1.54, 1.807) is 6.07 Å². The largest absolute Gasteiger partial charge is 0.372 e. The third kappa shape index (κ3) is 1.73. The van der Waals surface area contributed by atoms with Gasteiger partial charge in [0.05, 0.1) is 3.57 Å². The van der Waals surface area contributed by atoms with Crippen molar-refractivity contribution in [3.8, 4) is 0 Å². The molecular formula is C6H6ClIN2. The van der Waals surface area contributed by atoms with Crippen molar-refractivity contribution in [2.45, 2.75) is 0 Å². The highest BCUT2D eigenvalue weighted by Crippen LogP contribution is 2.17. The van der Waals surface area contributed by atoms with Crippen LogP contribution < -0.4 is 5.32 Å². The fraction of sp³-hybridized carbons (Fsp3) is 0.167. The predicted molar refractivity (Wildman–Crippen MR) is 51.5 cm³/mol. The van der Waals surface area contributed by atoms with Gasteiger partial charge in [0.1, 0.15) is 11.0 Å². The van der Waals surface area contributed by atoms with Crippen molar-refractivity contribution in [2.75, 3.05) is 12.4 Å². The second-order valence-electron chi connectivity index (χ2n) is 1.71. The summed E-state index contributed by atoms with van der Waals surface area (Å²) in [6.45, 7) is 0. The summed E-state index contributed by atoms with van der Waals surface area (Å²) < 4.78 is 1.07. The van der Waals surface area contributed by atoms with Crippen LogP contribution in [0.25, 0.3) is 0 Å². The highest BCUT2D eigenvalue weighted by Gasteiger charge is 1.97. The fourth-order valence-corrected chi connectivity index (χ4v) is 1.31. The monoisotopic (exact) mass is 268 g/mol. The summed E-state index contributed by atoms with van der Waals surface area (Å²) in [6.07, 6.45) is 0. The molecule has 0 spiro atoms. The summed E-state index contributed by atoms with van der Waals surface area (Å²) in [7, 11) is 1.82. The first kappa shape index (κ1) is 8.07. The Kier molecular flexibility index (Phi) is 2.73. The molecule has 0 amide bonds. The van der Waals surface area contributed by atoms with Crippen molar-refractivity contribution in [1.29, 1.82) is 0 Å². The Labute approximate surface area is 78.1 Å². The molecule has 0 unspecified atom stereocenters. The molecular weight excluding hydrogens is 262 g/mol. The van der Waals surface area contributed by atoms with Gasteiger partial charge in [-0.15, -0.1) is 0 Å². The lowest BCUT2D eigenvalue weighted by Crippen LogP contribution is -1.94. The van der Waals surface area contributed by atoms with Crippen LogP contribution in [0.2, 0.25) is 5.15 Å². The van der Waals surface area contributed by atoms with Gasteiger partial charge in [0.15, 0.2) is 0 Å². The highest BCUT2D eigenvalue weighted by molar-refractivity contribution is 14.1. The molecule has 1 aromatic rings. The summed E-state index contributed by atoms with van der Waals surface area (Å²) in [4.78, 5) is 4.04. The van der Waals surface area contributed by atoms with E-state index >= 15 is 0 Å². The van der Waals surface area contributed by atoms with Crippen molar-refractivity contribution in [1.82, 2.24) is 4.98 Å². The number of halogens is 2. The van der Waals surface area contributed by atoms with Gasteiger partial charge in [-0.2, -0.15) is 0 Å². The average Bonchev–Trinajstić information content (AvgIpc) is 1.94. The van der Waals surface area contributed by atoms with Gasteiger partial charge in [-0.3, -0.25) is 0 Å². The van der Waals surface area contributed by atoms with Crippen LogP contribution in [-0.4, -0.2) is 12.0 Å². The van der Waals surface area contributed by atoms with Gasteiger partial charge in [-0.1, -0.05) is 11.6 Å². The maximum atomic E-state index is 5.64. The maximum absolute atomic E-state index is 5.64. The third-order valence-corrected chi connectivity index (χ3v) is 2.13. The van der Waals surface area contributed by atoms with Crippen molar-refractivity contribution in [3.63, 3.8) is 0 Å². The van der Waals surface area contributed by atoms with Crippen molar-refractivity contribution in [2.24, 2.45) is 0 Å². The minimum Gasteiger partial charge on any atom is -0.372 e. The Balaban J connectivity index is 3.09. The van der Waals surface area contributed by atoms with Crippen molar-refractivity contribution in [3.05, 3.63) is 20.9 Å². The van der Waals surface area contributed by atoms with Crippen LogP contribution >= 0.6 is 34.2 Å². The first-order valence-corrected chi connectivity index (χ1v) is 4.19. The molecule has 1 aromatic heterocycles. The number of nitrogens with zero attached hydrogens (tertiary/aromatic N) is 1. The van der Waals surface area contributed by atoms with Crippen LogP contribution in [0.1, 0.15) is 0 Å².